The molecule has 1 aliphatic carbocycles. The maximum absolute atomic E-state index is 17.6. The van der Waals surface area contributed by atoms with Crippen LogP contribution in [0.1, 0.15) is 44.1 Å². The number of aromatic hydroxyl groups is 1. The van der Waals surface area contributed by atoms with Gasteiger partial charge in [0, 0.05) is 67.7 Å². The number of terminal acetylenes is 1. The highest BCUT2D eigenvalue weighted by Crippen LogP contribution is 2.69. The predicted octanol–water partition coefficient (Wildman–Crippen LogP) is 5.88. The van der Waals surface area contributed by atoms with Crippen molar-refractivity contribution in [3.63, 3.8) is 0 Å². The lowest BCUT2D eigenvalue weighted by atomic mass is 9.89. The highest BCUT2D eigenvalue weighted by atomic mass is 19.3. The maximum atomic E-state index is 17.6. The van der Waals surface area contributed by atoms with Gasteiger partial charge in [0.05, 0.1) is 21.9 Å². The van der Waals surface area contributed by atoms with E-state index in [0.29, 0.717) is 48.0 Å². The number of hydrogen-bond donors (Lipinski definition) is 2. The summed E-state index contributed by atoms with van der Waals surface area (Å²) in [7, 11) is 1.73. The van der Waals surface area contributed by atoms with Crippen molar-refractivity contribution < 1.29 is 27.4 Å². The molecule has 13 heteroatoms. The fourth-order valence-electron chi connectivity index (χ4n) is 9.84. The number of aryl methyl sites for hydroxylation is 1. The normalized spacial score (nSPS) is 28.0. The molecule has 6 heterocycles. The second-order valence-electron chi connectivity index (χ2n) is 15.4. The smallest absolute Gasteiger partial charge is 0.319 e. The summed E-state index contributed by atoms with van der Waals surface area (Å²) in [6.45, 7) is 2.46. The van der Waals surface area contributed by atoms with Crippen LogP contribution in [0.4, 0.5) is 23.4 Å². The number of fused-ring (bicyclic) bond motifs is 7. The Kier molecular flexibility index (Phi) is 6.37. The molecule has 5 aromatic rings. The number of piperazine rings is 1. The molecule has 4 atom stereocenters. The Balaban J connectivity index is 1.18. The van der Waals surface area contributed by atoms with E-state index in [1.807, 2.05) is 0 Å². The van der Waals surface area contributed by atoms with Gasteiger partial charge < -0.3 is 20.1 Å². The zero-order valence-electron chi connectivity index (χ0n) is 27.9. The van der Waals surface area contributed by atoms with Gasteiger partial charge in [-0.05, 0) is 67.8 Å². The summed E-state index contributed by atoms with van der Waals surface area (Å²) < 4.78 is 69.9. The molecular weight excluding hydrogens is 662 g/mol. The third kappa shape index (κ3) is 4.45. The number of ether oxygens (including phenoxy) is 1. The van der Waals surface area contributed by atoms with Crippen LogP contribution in [-0.2, 0) is 7.05 Å². The second kappa shape index (κ2) is 10.4. The second-order valence-corrected chi connectivity index (χ2v) is 15.4. The summed E-state index contributed by atoms with van der Waals surface area (Å²) >= 11 is 0. The molecule has 51 heavy (non-hydrogen) atoms. The largest absolute Gasteiger partial charge is 0.508 e. The molecule has 10 rings (SSSR count). The lowest BCUT2D eigenvalue weighted by molar-refractivity contribution is 0.0647. The highest BCUT2D eigenvalue weighted by Gasteiger charge is 2.77. The first kappa shape index (κ1) is 31.1. The number of phenols is 1. The standard InChI is InChI=1S/C38H35F4N7O2/c1-3-24-27(39)8-5-20-11-23(50)12-25(28(20)24)29-31(40)33-30(26-15-47(2)46-32(26)29)34(48-13-21-6-7-22(14-48)43-21)45-35(44-33)51-19-37-9-4-10-49(37)18-36(16-37)17-38(36,41)42/h1,5,8,11-12,15,21-22,43,50H,4,6-7,9-10,13-14,16-19H2,2H3/t21-,22+,36-,37-/m0/s1. The van der Waals surface area contributed by atoms with Crippen molar-refractivity contribution in [3.05, 3.63) is 47.7 Å². The van der Waals surface area contributed by atoms with Crippen LogP contribution in [0, 0.1) is 29.4 Å². The van der Waals surface area contributed by atoms with Gasteiger partial charge in [-0.3, -0.25) is 9.58 Å². The molecule has 3 aromatic carbocycles. The number of anilines is 1. The lowest BCUT2D eigenvalue weighted by Crippen LogP contribution is -2.51. The van der Waals surface area contributed by atoms with Gasteiger partial charge >= 0.3 is 6.01 Å². The van der Waals surface area contributed by atoms with Gasteiger partial charge in [0.2, 0.25) is 0 Å². The molecule has 2 bridgehead atoms. The zero-order chi connectivity index (χ0) is 35.0. The summed E-state index contributed by atoms with van der Waals surface area (Å²) in [5.74, 6) is -1.31. The Labute approximate surface area is 290 Å². The van der Waals surface area contributed by atoms with Crippen LogP contribution in [0.15, 0.2) is 30.5 Å². The van der Waals surface area contributed by atoms with Crippen molar-refractivity contribution in [1.82, 2.24) is 30.0 Å². The SMILES string of the molecule is C#Cc1c(F)ccc2cc(O)cc(-c3c(F)c4nc(OC[C@@]56CCCN5C[C@@]5(CC5(F)F)C6)nc(N5C[C@H]6CC[C@@H](C5)N6)c4c4cn(C)nc34)c12. The van der Waals surface area contributed by atoms with E-state index in [1.54, 1.807) is 17.9 Å². The number of phenolic OH excluding ortho intramolecular Hbond substituents is 1. The number of aromatic nitrogens is 4. The van der Waals surface area contributed by atoms with E-state index >= 15 is 8.78 Å². The minimum atomic E-state index is -2.68. The molecule has 5 fully saturated rings. The number of benzene rings is 3. The summed E-state index contributed by atoms with van der Waals surface area (Å²) in [6.07, 6.45) is 11.4. The van der Waals surface area contributed by atoms with Crippen LogP contribution >= 0.6 is 0 Å². The van der Waals surface area contributed by atoms with Gasteiger partial charge in [-0.2, -0.15) is 15.1 Å². The summed E-state index contributed by atoms with van der Waals surface area (Å²) in [5.41, 5.74) is -1.22. The van der Waals surface area contributed by atoms with E-state index < -0.39 is 28.5 Å². The molecule has 2 N–H and O–H groups in total. The van der Waals surface area contributed by atoms with Crippen LogP contribution in [0.5, 0.6) is 11.8 Å². The molecule has 5 aliphatic rings. The number of hydrogen-bond acceptors (Lipinski definition) is 8. The fraction of sp³-hybridized carbons (Fsp3) is 0.447. The van der Waals surface area contributed by atoms with Crippen molar-refractivity contribution in [2.75, 3.05) is 37.7 Å². The quantitative estimate of drug-likeness (QED) is 0.174. The number of alkyl halides is 2. The van der Waals surface area contributed by atoms with Crippen molar-refractivity contribution in [3.8, 4) is 35.2 Å². The molecule has 2 aromatic heterocycles. The Bertz CT molecular complexity index is 2360. The van der Waals surface area contributed by atoms with Crippen molar-refractivity contribution in [1.29, 1.82) is 0 Å². The van der Waals surface area contributed by atoms with Gasteiger partial charge in [0.1, 0.15) is 35.0 Å². The first-order chi connectivity index (χ1) is 24.5. The van der Waals surface area contributed by atoms with Crippen molar-refractivity contribution >= 4 is 38.4 Å². The Morgan fingerprint density at radius 1 is 1.08 bits per heavy atom. The van der Waals surface area contributed by atoms with E-state index in [2.05, 4.69) is 26.1 Å². The van der Waals surface area contributed by atoms with Crippen LogP contribution in [0.25, 0.3) is 43.7 Å². The molecule has 1 spiro atoms. The Morgan fingerprint density at radius 2 is 1.86 bits per heavy atom. The summed E-state index contributed by atoms with van der Waals surface area (Å²) in [5, 5.41) is 20.9. The zero-order valence-corrected chi connectivity index (χ0v) is 27.9. The van der Waals surface area contributed by atoms with Gasteiger partial charge in [-0.1, -0.05) is 12.0 Å². The average Bonchev–Trinajstić information content (AvgIpc) is 3.61. The van der Waals surface area contributed by atoms with E-state index in [0.717, 1.165) is 32.2 Å². The van der Waals surface area contributed by atoms with Crippen LogP contribution in [-0.4, -0.2) is 86.1 Å². The third-order valence-corrected chi connectivity index (χ3v) is 12.2. The van der Waals surface area contributed by atoms with Gasteiger partial charge in [-0.25, -0.2) is 17.6 Å². The average molecular weight is 698 g/mol. The molecule has 1 saturated carbocycles. The van der Waals surface area contributed by atoms with Crippen LogP contribution < -0.4 is 15.0 Å². The molecule has 4 aliphatic heterocycles. The van der Waals surface area contributed by atoms with Gasteiger partial charge in [0.25, 0.3) is 5.92 Å². The van der Waals surface area contributed by atoms with Crippen LogP contribution in [0.3, 0.4) is 0 Å². The Morgan fingerprint density at radius 3 is 2.61 bits per heavy atom. The van der Waals surface area contributed by atoms with E-state index in [1.165, 1.54) is 24.3 Å². The summed E-state index contributed by atoms with van der Waals surface area (Å²) in [4.78, 5) is 14.0. The minimum absolute atomic E-state index is 0.00587. The minimum Gasteiger partial charge on any atom is -0.508 e. The predicted molar refractivity (Wildman–Crippen MR) is 184 cm³/mol. The van der Waals surface area contributed by atoms with Gasteiger partial charge in [0.15, 0.2) is 5.82 Å². The first-order valence-electron chi connectivity index (χ1n) is 17.5. The maximum Gasteiger partial charge on any atom is 0.319 e. The van der Waals surface area contributed by atoms with E-state index in [-0.39, 0.29) is 70.0 Å². The van der Waals surface area contributed by atoms with Crippen molar-refractivity contribution in [2.24, 2.45) is 12.5 Å². The third-order valence-electron chi connectivity index (χ3n) is 12.2. The molecule has 4 saturated heterocycles. The van der Waals surface area contributed by atoms with Crippen molar-refractivity contribution in [2.45, 2.75) is 62.1 Å². The topological polar surface area (TPSA) is 91.6 Å². The van der Waals surface area contributed by atoms with Crippen LogP contribution in [0.2, 0.25) is 0 Å². The molecular formula is C38H35F4N7O2. The Hall–Kier alpha value is -4.67. The molecule has 0 radical (unpaired) electrons. The monoisotopic (exact) mass is 697 g/mol. The van der Waals surface area contributed by atoms with Gasteiger partial charge in [-0.15, -0.1) is 6.42 Å². The molecule has 0 amide bonds. The molecule has 9 nitrogen and oxygen atoms in total. The van der Waals surface area contributed by atoms with E-state index in [9.17, 15) is 13.9 Å². The number of nitrogens with one attached hydrogen (secondary N) is 1. The molecule has 262 valence electrons. The number of nitrogens with zero attached hydrogens (tertiary/aromatic N) is 6. The molecule has 0 unspecified atom stereocenters. The first-order valence-corrected chi connectivity index (χ1v) is 17.5. The number of rotatable bonds is 5. The van der Waals surface area contributed by atoms with E-state index in [4.69, 9.17) is 21.1 Å². The lowest BCUT2D eigenvalue weighted by Gasteiger charge is -2.35. The number of halogens is 4. The fourth-order valence-corrected chi connectivity index (χ4v) is 9.84. The highest BCUT2D eigenvalue weighted by molar-refractivity contribution is 6.18. The summed E-state index contributed by atoms with van der Waals surface area (Å²) in [6, 6.07) is 5.97.